The number of nitrogens with zero attached hydrogens (tertiary/aromatic N) is 2. The number of aromatic nitrogens is 2. The van der Waals surface area contributed by atoms with Gasteiger partial charge in [0.05, 0.1) is 25.6 Å². The molecule has 96 valence electrons. The van der Waals surface area contributed by atoms with Crippen LogP contribution in [0.1, 0.15) is 36.2 Å². The third-order valence-corrected chi connectivity index (χ3v) is 3.15. The average molecular weight is 248 g/mol. The van der Waals surface area contributed by atoms with Gasteiger partial charge in [-0.3, -0.25) is 0 Å². The normalized spacial score (nSPS) is 18.4. The van der Waals surface area contributed by atoms with Crippen molar-refractivity contribution in [1.29, 1.82) is 0 Å². The third kappa shape index (κ3) is 3.18. The average Bonchev–Trinajstić information content (AvgIpc) is 3.29. The van der Waals surface area contributed by atoms with Gasteiger partial charge in [-0.2, -0.15) is 0 Å². The smallest absolute Gasteiger partial charge is 0.358 e. The van der Waals surface area contributed by atoms with Crippen molar-refractivity contribution in [3.05, 3.63) is 18.1 Å². The molecule has 2 aliphatic rings. The van der Waals surface area contributed by atoms with Crippen LogP contribution in [0.2, 0.25) is 0 Å². The summed E-state index contributed by atoms with van der Waals surface area (Å²) in [5, 5.41) is 0. The van der Waals surface area contributed by atoms with Gasteiger partial charge in [-0.1, -0.05) is 0 Å². The number of carbonyl (C=O) groups excluding carboxylic acids is 1. The SMILES string of the molecule is O=C(OCC1CC1)c1cnc(OCC2CC2)cn1. The highest BCUT2D eigenvalue weighted by atomic mass is 16.5. The Labute approximate surface area is 106 Å². The molecule has 18 heavy (non-hydrogen) atoms. The molecule has 0 aliphatic heterocycles. The lowest BCUT2D eigenvalue weighted by molar-refractivity contribution is 0.0478. The van der Waals surface area contributed by atoms with Gasteiger partial charge in [-0.15, -0.1) is 0 Å². The monoisotopic (exact) mass is 248 g/mol. The lowest BCUT2D eigenvalue weighted by Crippen LogP contribution is -2.10. The first-order chi connectivity index (χ1) is 8.81. The second-order valence-corrected chi connectivity index (χ2v) is 5.04. The Morgan fingerprint density at radius 1 is 1.11 bits per heavy atom. The van der Waals surface area contributed by atoms with Crippen molar-refractivity contribution in [2.24, 2.45) is 11.8 Å². The second kappa shape index (κ2) is 4.92. The van der Waals surface area contributed by atoms with Crippen molar-refractivity contribution in [2.75, 3.05) is 13.2 Å². The molecule has 0 N–H and O–H groups in total. The van der Waals surface area contributed by atoms with Gasteiger partial charge in [-0.05, 0) is 37.5 Å². The van der Waals surface area contributed by atoms with Gasteiger partial charge in [0, 0.05) is 0 Å². The molecular weight excluding hydrogens is 232 g/mol. The lowest BCUT2D eigenvalue weighted by Gasteiger charge is -2.05. The topological polar surface area (TPSA) is 61.3 Å². The van der Waals surface area contributed by atoms with Crippen molar-refractivity contribution in [1.82, 2.24) is 9.97 Å². The molecule has 0 unspecified atom stereocenters. The number of carbonyl (C=O) groups is 1. The summed E-state index contributed by atoms with van der Waals surface area (Å²) in [4.78, 5) is 19.7. The highest BCUT2D eigenvalue weighted by molar-refractivity contribution is 5.86. The van der Waals surface area contributed by atoms with E-state index in [1.54, 1.807) is 0 Å². The third-order valence-electron chi connectivity index (χ3n) is 3.15. The van der Waals surface area contributed by atoms with E-state index < -0.39 is 5.97 Å². The van der Waals surface area contributed by atoms with Crippen LogP contribution in [0.5, 0.6) is 5.88 Å². The van der Waals surface area contributed by atoms with Crippen molar-refractivity contribution in [3.8, 4) is 5.88 Å². The van der Waals surface area contributed by atoms with E-state index in [9.17, 15) is 4.79 Å². The maximum absolute atomic E-state index is 11.6. The zero-order valence-electron chi connectivity index (χ0n) is 10.2. The quantitative estimate of drug-likeness (QED) is 0.719. The fourth-order valence-corrected chi connectivity index (χ4v) is 1.54. The van der Waals surface area contributed by atoms with Gasteiger partial charge in [0.2, 0.25) is 5.88 Å². The zero-order chi connectivity index (χ0) is 12.4. The summed E-state index contributed by atoms with van der Waals surface area (Å²) >= 11 is 0. The van der Waals surface area contributed by atoms with Crippen LogP contribution in [-0.4, -0.2) is 29.2 Å². The van der Waals surface area contributed by atoms with Gasteiger partial charge in [0.15, 0.2) is 5.69 Å². The number of hydrogen-bond donors (Lipinski definition) is 0. The predicted molar refractivity (Wildman–Crippen MR) is 63.3 cm³/mol. The maximum atomic E-state index is 11.6. The molecule has 0 bridgehead atoms. The largest absolute Gasteiger partial charge is 0.476 e. The molecule has 1 aromatic rings. The summed E-state index contributed by atoms with van der Waals surface area (Å²) < 4.78 is 10.6. The number of esters is 1. The van der Waals surface area contributed by atoms with Crippen molar-refractivity contribution in [2.45, 2.75) is 25.7 Å². The molecule has 0 saturated heterocycles. The molecule has 2 saturated carbocycles. The van der Waals surface area contributed by atoms with Gasteiger partial charge in [0.1, 0.15) is 0 Å². The Morgan fingerprint density at radius 3 is 2.44 bits per heavy atom. The molecule has 3 rings (SSSR count). The van der Waals surface area contributed by atoms with E-state index in [2.05, 4.69) is 9.97 Å². The van der Waals surface area contributed by atoms with E-state index >= 15 is 0 Å². The van der Waals surface area contributed by atoms with Crippen molar-refractivity contribution < 1.29 is 14.3 Å². The van der Waals surface area contributed by atoms with E-state index in [0.29, 0.717) is 30.9 Å². The second-order valence-electron chi connectivity index (χ2n) is 5.04. The maximum Gasteiger partial charge on any atom is 0.358 e. The number of rotatable bonds is 6. The van der Waals surface area contributed by atoms with Crippen LogP contribution in [0, 0.1) is 11.8 Å². The summed E-state index contributed by atoms with van der Waals surface area (Å²) in [6.07, 6.45) is 7.69. The molecule has 2 aliphatic carbocycles. The highest BCUT2D eigenvalue weighted by Crippen LogP contribution is 2.29. The van der Waals surface area contributed by atoms with E-state index in [1.807, 2.05) is 0 Å². The molecule has 1 heterocycles. The summed E-state index contributed by atoms with van der Waals surface area (Å²) in [6, 6.07) is 0. The van der Waals surface area contributed by atoms with Gasteiger partial charge < -0.3 is 9.47 Å². The summed E-state index contributed by atoms with van der Waals surface area (Å²) in [5.41, 5.74) is 0.245. The number of ether oxygens (including phenoxy) is 2. The standard InChI is InChI=1S/C13H16N2O3/c16-13(18-8-10-3-4-10)11-5-15-12(6-14-11)17-7-9-1-2-9/h5-6,9-10H,1-4,7-8H2. The lowest BCUT2D eigenvalue weighted by atomic mass is 10.4. The van der Waals surface area contributed by atoms with Crippen LogP contribution in [0.15, 0.2) is 12.4 Å². The van der Waals surface area contributed by atoms with Crippen LogP contribution in [-0.2, 0) is 4.74 Å². The van der Waals surface area contributed by atoms with E-state index in [4.69, 9.17) is 9.47 Å². The molecule has 0 radical (unpaired) electrons. The first-order valence-electron chi connectivity index (χ1n) is 6.43. The first-order valence-corrected chi connectivity index (χ1v) is 6.43. The minimum atomic E-state index is -0.400. The Bertz CT molecular complexity index is 424. The molecule has 1 aromatic heterocycles. The summed E-state index contributed by atoms with van der Waals surface area (Å²) in [7, 11) is 0. The molecule has 0 aromatic carbocycles. The molecule has 5 nitrogen and oxygen atoms in total. The first kappa shape index (κ1) is 11.4. The molecule has 0 amide bonds. The van der Waals surface area contributed by atoms with Crippen LogP contribution in [0.4, 0.5) is 0 Å². The fourth-order valence-electron chi connectivity index (χ4n) is 1.54. The van der Waals surface area contributed by atoms with Crippen LogP contribution in [0.3, 0.4) is 0 Å². The molecular formula is C13H16N2O3. The Balaban J connectivity index is 1.50. The number of hydrogen-bond acceptors (Lipinski definition) is 5. The Morgan fingerprint density at radius 2 is 1.83 bits per heavy atom. The summed E-state index contributed by atoms with van der Waals surface area (Å²) in [6.45, 7) is 1.20. The van der Waals surface area contributed by atoms with E-state index in [0.717, 1.165) is 12.8 Å². The van der Waals surface area contributed by atoms with Gasteiger partial charge in [0.25, 0.3) is 0 Å². The minimum Gasteiger partial charge on any atom is -0.476 e. The molecule has 2 fully saturated rings. The van der Waals surface area contributed by atoms with Crippen LogP contribution in [0.25, 0.3) is 0 Å². The van der Waals surface area contributed by atoms with Crippen LogP contribution >= 0.6 is 0 Å². The van der Waals surface area contributed by atoms with Gasteiger partial charge >= 0.3 is 5.97 Å². The molecule has 5 heteroatoms. The predicted octanol–water partition coefficient (Wildman–Crippen LogP) is 1.83. The Kier molecular flexibility index (Phi) is 3.13. The van der Waals surface area contributed by atoms with Crippen molar-refractivity contribution in [3.63, 3.8) is 0 Å². The fraction of sp³-hybridized carbons (Fsp3) is 0.615. The van der Waals surface area contributed by atoms with E-state index in [-0.39, 0.29) is 5.69 Å². The highest BCUT2D eigenvalue weighted by Gasteiger charge is 2.24. The summed E-state index contributed by atoms with van der Waals surface area (Å²) in [5.74, 6) is 1.31. The molecule has 0 atom stereocenters. The van der Waals surface area contributed by atoms with E-state index in [1.165, 1.54) is 25.2 Å². The van der Waals surface area contributed by atoms with Crippen molar-refractivity contribution >= 4 is 5.97 Å². The minimum absolute atomic E-state index is 0.245. The molecule has 0 spiro atoms. The zero-order valence-corrected chi connectivity index (χ0v) is 10.2. The van der Waals surface area contributed by atoms with Crippen LogP contribution < -0.4 is 4.74 Å². The van der Waals surface area contributed by atoms with Gasteiger partial charge in [-0.25, -0.2) is 14.8 Å². The Hall–Kier alpha value is -1.65.